The van der Waals surface area contributed by atoms with Crippen molar-refractivity contribution in [1.29, 1.82) is 0 Å². The maximum Gasteiger partial charge on any atom is 0.191 e. The van der Waals surface area contributed by atoms with Crippen molar-refractivity contribution < 1.29 is 9.47 Å². The lowest BCUT2D eigenvalue weighted by Crippen LogP contribution is -2.36. The number of nitrogens with two attached hydrogens (primary N) is 1. The first-order valence-corrected chi connectivity index (χ1v) is 5.89. The van der Waals surface area contributed by atoms with Gasteiger partial charge in [-0.1, -0.05) is 0 Å². The molecule has 0 aromatic heterocycles. The van der Waals surface area contributed by atoms with Gasteiger partial charge in [-0.15, -0.1) is 0 Å². The van der Waals surface area contributed by atoms with E-state index in [1.165, 1.54) is 0 Å². The summed E-state index contributed by atoms with van der Waals surface area (Å²) < 4.78 is 10.4. The van der Waals surface area contributed by atoms with Gasteiger partial charge in [0.1, 0.15) is 0 Å². The van der Waals surface area contributed by atoms with Crippen LogP contribution in [-0.4, -0.2) is 57.4 Å². The summed E-state index contributed by atoms with van der Waals surface area (Å²) in [7, 11) is 1.68. The molecule has 0 aliphatic carbocycles. The van der Waals surface area contributed by atoms with Gasteiger partial charge in [0.2, 0.25) is 0 Å². The zero-order valence-electron chi connectivity index (χ0n) is 10.3. The fourth-order valence-corrected chi connectivity index (χ4v) is 1.83. The summed E-state index contributed by atoms with van der Waals surface area (Å²) in [6.07, 6.45) is 1.13. The molecule has 16 heavy (non-hydrogen) atoms. The first-order chi connectivity index (χ1) is 7.77. The molecule has 1 heterocycles. The normalized spacial score (nSPS) is 21.8. The highest BCUT2D eigenvalue weighted by Gasteiger charge is 2.23. The fourth-order valence-electron chi connectivity index (χ4n) is 1.83. The number of aliphatic imine (C=N–C) groups is 1. The topological polar surface area (TPSA) is 60.1 Å². The average molecular weight is 229 g/mol. The van der Waals surface area contributed by atoms with E-state index in [0.29, 0.717) is 25.1 Å². The van der Waals surface area contributed by atoms with Gasteiger partial charge in [-0.05, 0) is 13.3 Å². The van der Waals surface area contributed by atoms with E-state index in [4.69, 9.17) is 15.2 Å². The Bertz CT molecular complexity index is 221. The molecule has 1 fully saturated rings. The van der Waals surface area contributed by atoms with Crippen LogP contribution in [0.15, 0.2) is 4.99 Å². The largest absolute Gasteiger partial charge is 0.382 e. The monoisotopic (exact) mass is 229 g/mol. The Labute approximate surface area is 97.6 Å². The Morgan fingerprint density at radius 3 is 3.00 bits per heavy atom. The molecule has 94 valence electrons. The minimum absolute atomic E-state index is 0.572. The van der Waals surface area contributed by atoms with Gasteiger partial charge in [-0.3, -0.25) is 4.99 Å². The molecule has 0 radical (unpaired) electrons. The second-order valence-corrected chi connectivity index (χ2v) is 4.00. The zero-order valence-corrected chi connectivity index (χ0v) is 10.3. The van der Waals surface area contributed by atoms with Crippen LogP contribution in [0.5, 0.6) is 0 Å². The number of hydrogen-bond donors (Lipinski definition) is 1. The van der Waals surface area contributed by atoms with Gasteiger partial charge >= 0.3 is 0 Å². The van der Waals surface area contributed by atoms with Gasteiger partial charge in [0.05, 0.1) is 19.8 Å². The summed E-state index contributed by atoms with van der Waals surface area (Å²) in [5.74, 6) is 1.24. The van der Waals surface area contributed by atoms with Gasteiger partial charge in [0.25, 0.3) is 0 Å². The molecular weight excluding hydrogens is 206 g/mol. The summed E-state index contributed by atoms with van der Waals surface area (Å²) in [6, 6.07) is 0. The molecule has 0 amide bonds. The average Bonchev–Trinajstić information content (AvgIpc) is 2.73. The van der Waals surface area contributed by atoms with Crippen molar-refractivity contribution in [1.82, 2.24) is 4.90 Å². The van der Waals surface area contributed by atoms with Crippen molar-refractivity contribution in [3.63, 3.8) is 0 Å². The first-order valence-electron chi connectivity index (χ1n) is 5.89. The molecule has 2 N–H and O–H groups in total. The molecule has 5 heteroatoms. The van der Waals surface area contributed by atoms with Crippen molar-refractivity contribution in [3.8, 4) is 0 Å². The van der Waals surface area contributed by atoms with Gasteiger partial charge in [0, 0.05) is 32.7 Å². The van der Waals surface area contributed by atoms with Crippen molar-refractivity contribution in [2.75, 3.05) is 46.6 Å². The summed E-state index contributed by atoms with van der Waals surface area (Å²) >= 11 is 0. The van der Waals surface area contributed by atoms with E-state index in [2.05, 4.69) is 9.89 Å². The van der Waals surface area contributed by atoms with Crippen molar-refractivity contribution in [2.24, 2.45) is 16.6 Å². The standard InChI is InChI=1S/C11H23N3O2/c1-3-13-11(12)14-5-4-10(8-14)9-16-7-6-15-2/h10H,3-9H2,1-2H3,(H2,12,13). The number of rotatable bonds is 6. The molecule has 1 aliphatic heterocycles. The molecule has 0 saturated carbocycles. The van der Waals surface area contributed by atoms with Gasteiger partial charge in [-0.25, -0.2) is 0 Å². The number of hydrogen-bond acceptors (Lipinski definition) is 3. The van der Waals surface area contributed by atoms with Crippen LogP contribution >= 0.6 is 0 Å². The zero-order chi connectivity index (χ0) is 11.8. The molecule has 1 unspecified atom stereocenters. The SMILES string of the molecule is CCN=C(N)N1CCC(COCCOC)C1. The number of ether oxygens (including phenoxy) is 2. The highest BCUT2D eigenvalue weighted by Crippen LogP contribution is 2.15. The lowest BCUT2D eigenvalue weighted by molar-refractivity contribution is 0.0536. The minimum Gasteiger partial charge on any atom is -0.382 e. The van der Waals surface area contributed by atoms with Gasteiger partial charge < -0.3 is 20.1 Å². The highest BCUT2D eigenvalue weighted by molar-refractivity contribution is 5.78. The highest BCUT2D eigenvalue weighted by atomic mass is 16.5. The van der Waals surface area contributed by atoms with Crippen molar-refractivity contribution in [3.05, 3.63) is 0 Å². The molecule has 0 aromatic rings. The van der Waals surface area contributed by atoms with E-state index >= 15 is 0 Å². The van der Waals surface area contributed by atoms with Crippen LogP contribution in [0.4, 0.5) is 0 Å². The number of methoxy groups -OCH3 is 1. The number of guanidine groups is 1. The van der Waals surface area contributed by atoms with Crippen molar-refractivity contribution >= 4 is 5.96 Å². The molecule has 0 spiro atoms. The molecule has 1 aliphatic rings. The van der Waals surface area contributed by atoms with Crippen molar-refractivity contribution in [2.45, 2.75) is 13.3 Å². The van der Waals surface area contributed by atoms with Gasteiger partial charge in [-0.2, -0.15) is 0 Å². The Morgan fingerprint density at radius 1 is 1.50 bits per heavy atom. The second kappa shape index (κ2) is 7.46. The van der Waals surface area contributed by atoms with E-state index < -0.39 is 0 Å². The third-order valence-corrected chi connectivity index (χ3v) is 2.72. The predicted molar refractivity (Wildman–Crippen MR) is 64.5 cm³/mol. The Hall–Kier alpha value is -0.810. The first kappa shape index (κ1) is 13.3. The van der Waals surface area contributed by atoms with E-state index in [0.717, 1.165) is 32.7 Å². The Kier molecular flexibility index (Phi) is 6.18. The Balaban J connectivity index is 2.17. The molecule has 1 atom stereocenters. The number of nitrogens with zero attached hydrogens (tertiary/aromatic N) is 2. The quantitative estimate of drug-likeness (QED) is 0.404. The molecular formula is C11H23N3O2. The van der Waals surface area contributed by atoms with Crippen LogP contribution in [-0.2, 0) is 9.47 Å². The fraction of sp³-hybridized carbons (Fsp3) is 0.909. The smallest absolute Gasteiger partial charge is 0.191 e. The van der Waals surface area contributed by atoms with Crippen LogP contribution in [0.2, 0.25) is 0 Å². The van der Waals surface area contributed by atoms with Crippen LogP contribution in [0.3, 0.4) is 0 Å². The van der Waals surface area contributed by atoms with Crippen LogP contribution in [0.1, 0.15) is 13.3 Å². The lowest BCUT2D eigenvalue weighted by atomic mass is 10.1. The second-order valence-electron chi connectivity index (χ2n) is 4.00. The molecule has 1 saturated heterocycles. The maximum atomic E-state index is 5.84. The third-order valence-electron chi connectivity index (χ3n) is 2.72. The van der Waals surface area contributed by atoms with Gasteiger partial charge in [0.15, 0.2) is 5.96 Å². The minimum atomic E-state index is 0.572. The summed E-state index contributed by atoms with van der Waals surface area (Å²) in [4.78, 5) is 6.34. The molecule has 5 nitrogen and oxygen atoms in total. The van der Waals surface area contributed by atoms with Crippen LogP contribution in [0, 0.1) is 5.92 Å². The predicted octanol–water partition coefficient (Wildman–Crippen LogP) is 0.306. The summed E-state index contributed by atoms with van der Waals surface area (Å²) in [5.41, 5.74) is 5.84. The number of likely N-dealkylation sites (tertiary alicyclic amines) is 1. The molecule has 0 bridgehead atoms. The molecule has 0 aromatic carbocycles. The van der Waals surface area contributed by atoms with E-state index in [9.17, 15) is 0 Å². The van der Waals surface area contributed by atoms with E-state index in [1.54, 1.807) is 7.11 Å². The summed E-state index contributed by atoms with van der Waals surface area (Å²) in [5, 5.41) is 0. The van der Waals surface area contributed by atoms with E-state index in [-0.39, 0.29) is 0 Å². The molecule has 1 rings (SSSR count). The third kappa shape index (κ3) is 4.37. The Morgan fingerprint density at radius 2 is 2.31 bits per heavy atom. The summed E-state index contributed by atoms with van der Waals surface area (Å²) in [6.45, 7) is 6.82. The van der Waals surface area contributed by atoms with Crippen LogP contribution in [0.25, 0.3) is 0 Å². The van der Waals surface area contributed by atoms with Crippen LogP contribution < -0.4 is 5.73 Å². The van der Waals surface area contributed by atoms with E-state index in [1.807, 2.05) is 6.92 Å². The maximum absolute atomic E-state index is 5.84. The lowest BCUT2D eigenvalue weighted by Gasteiger charge is -2.17.